The Bertz CT molecular complexity index is 876. The van der Waals surface area contributed by atoms with E-state index in [4.69, 9.17) is 4.99 Å². The van der Waals surface area contributed by atoms with E-state index in [2.05, 4.69) is 63.9 Å². The van der Waals surface area contributed by atoms with Crippen LogP contribution in [0.5, 0.6) is 0 Å². The summed E-state index contributed by atoms with van der Waals surface area (Å²) >= 11 is 0. The maximum atomic E-state index is 4.86. The van der Waals surface area contributed by atoms with E-state index in [-0.39, 0.29) is 5.41 Å². The monoisotopic (exact) mass is 361 g/mol. The highest BCUT2D eigenvalue weighted by molar-refractivity contribution is 5.80. The molecule has 3 N–H and O–H groups in total. The van der Waals surface area contributed by atoms with Gasteiger partial charge in [0.1, 0.15) is 5.82 Å². The fourth-order valence-electron chi connectivity index (χ4n) is 3.48. The van der Waals surface area contributed by atoms with Gasteiger partial charge in [0, 0.05) is 24.9 Å². The number of rotatable bonds is 7. The van der Waals surface area contributed by atoms with Gasteiger partial charge < -0.3 is 15.6 Å². The van der Waals surface area contributed by atoms with E-state index in [9.17, 15) is 0 Å². The standard InChI is InChI=1S/C22H27N5/c1-2-23-21(25-16-22(13-14-22)17-8-4-3-5-9-17)24-15-12-20-26-18-10-6-7-11-19(18)27-20/h3-11H,2,12-16H2,1H3,(H,26,27)(H2,23,24,25). The number of fused-ring (bicyclic) bond motifs is 1. The molecule has 1 aromatic heterocycles. The number of hydrogen-bond acceptors (Lipinski definition) is 2. The molecule has 5 heteroatoms. The third-order valence-corrected chi connectivity index (χ3v) is 5.22. The SMILES string of the molecule is CCNC(=NCC1(c2ccccc2)CC1)NCCc1nc2ccccc2[nH]1. The van der Waals surface area contributed by atoms with Crippen molar-refractivity contribution in [1.82, 2.24) is 20.6 Å². The lowest BCUT2D eigenvalue weighted by Crippen LogP contribution is -2.39. The normalized spacial score (nSPS) is 15.7. The zero-order valence-electron chi connectivity index (χ0n) is 15.8. The molecule has 0 atom stereocenters. The zero-order chi connectivity index (χ0) is 18.5. The van der Waals surface area contributed by atoms with Crippen molar-refractivity contribution in [1.29, 1.82) is 0 Å². The number of nitrogens with zero attached hydrogens (tertiary/aromatic N) is 2. The van der Waals surface area contributed by atoms with Crippen LogP contribution >= 0.6 is 0 Å². The number of para-hydroxylation sites is 2. The topological polar surface area (TPSA) is 65.1 Å². The fourth-order valence-corrected chi connectivity index (χ4v) is 3.48. The number of H-pyrrole nitrogens is 1. The molecule has 5 nitrogen and oxygen atoms in total. The molecular weight excluding hydrogens is 334 g/mol. The quantitative estimate of drug-likeness (QED) is 0.446. The average molecular weight is 361 g/mol. The number of imidazole rings is 1. The summed E-state index contributed by atoms with van der Waals surface area (Å²) in [5.74, 6) is 1.89. The van der Waals surface area contributed by atoms with Crippen molar-refractivity contribution < 1.29 is 0 Å². The summed E-state index contributed by atoms with van der Waals surface area (Å²) in [7, 11) is 0. The molecular formula is C22H27N5. The number of benzene rings is 2. The molecule has 1 fully saturated rings. The van der Waals surface area contributed by atoms with Gasteiger partial charge >= 0.3 is 0 Å². The molecule has 0 bridgehead atoms. The Morgan fingerprint density at radius 2 is 1.85 bits per heavy atom. The van der Waals surface area contributed by atoms with Crippen LogP contribution in [0.2, 0.25) is 0 Å². The van der Waals surface area contributed by atoms with Crippen molar-refractivity contribution >= 4 is 17.0 Å². The van der Waals surface area contributed by atoms with Gasteiger partial charge in [-0.25, -0.2) is 4.98 Å². The maximum Gasteiger partial charge on any atom is 0.191 e. The van der Waals surface area contributed by atoms with Gasteiger partial charge in [0.05, 0.1) is 17.6 Å². The Morgan fingerprint density at radius 1 is 1.07 bits per heavy atom. The zero-order valence-corrected chi connectivity index (χ0v) is 15.8. The first kappa shape index (κ1) is 17.6. The first-order valence-corrected chi connectivity index (χ1v) is 9.80. The number of aromatic nitrogens is 2. The lowest BCUT2D eigenvalue weighted by molar-refractivity contribution is 0.691. The molecule has 140 valence electrons. The van der Waals surface area contributed by atoms with Crippen LogP contribution < -0.4 is 10.6 Å². The molecule has 4 rings (SSSR count). The van der Waals surface area contributed by atoms with E-state index in [0.717, 1.165) is 48.9 Å². The highest BCUT2D eigenvalue weighted by Crippen LogP contribution is 2.48. The molecule has 0 radical (unpaired) electrons. The van der Waals surface area contributed by atoms with E-state index < -0.39 is 0 Å². The molecule has 2 aromatic carbocycles. The van der Waals surface area contributed by atoms with Crippen LogP contribution in [0.3, 0.4) is 0 Å². The summed E-state index contributed by atoms with van der Waals surface area (Å²) in [5, 5.41) is 6.80. The van der Waals surface area contributed by atoms with Crippen molar-refractivity contribution in [3.8, 4) is 0 Å². The van der Waals surface area contributed by atoms with Crippen molar-refractivity contribution in [2.24, 2.45) is 4.99 Å². The van der Waals surface area contributed by atoms with Crippen LogP contribution in [-0.2, 0) is 11.8 Å². The lowest BCUT2D eigenvalue weighted by atomic mass is 9.96. The highest BCUT2D eigenvalue weighted by Gasteiger charge is 2.43. The highest BCUT2D eigenvalue weighted by atomic mass is 15.2. The van der Waals surface area contributed by atoms with Gasteiger partial charge in [-0.2, -0.15) is 0 Å². The van der Waals surface area contributed by atoms with Gasteiger partial charge in [0.15, 0.2) is 5.96 Å². The fraction of sp³-hybridized carbons (Fsp3) is 0.364. The van der Waals surface area contributed by atoms with Gasteiger partial charge in [-0.05, 0) is 37.5 Å². The minimum Gasteiger partial charge on any atom is -0.357 e. The molecule has 27 heavy (non-hydrogen) atoms. The van der Waals surface area contributed by atoms with E-state index >= 15 is 0 Å². The summed E-state index contributed by atoms with van der Waals surface area (Å²) in [5.41, 5.74) is 3.76. The average Bonchev–Trinajstić information content (AvgIpc) is 3.39. The first-order valence-electron chi connectivity index (χ1n) is 9.80. The second-order valence-electron chi connectivity index (χ2n) is 7.22. The van der Waals surface area contributed by atoms with Crippen LogP contribution in [0.1, 0.15) is 31.2 Å². The smallest absolute Gasteiger partial charge is 0.191 e. The number of hydrogen-bond donors (Lipinski definition) is 3. The molecule has 0 spiro atoms. The Kier molecular flexibility index (Phi) is 5.10. The predicted molar refractivity (Wildman–Crippen MR) is 111 cm³/mol. The van der Waals surface area contributed by atoms with Crippen molar-refractivity contribution in [2.45, 2.75) is 31.6 Å². The summed E-state index contributed by atoms with van der Waals surface area (Å²) in [6.07, 6.45) is 3.28. The Balaban J connectivity index is 1.35. The predicted octanol–water partition coefficient (Wildman–Crippen LogP) is 3.39. The maximum absolute atomic E-state index is 4.86. The summed E-state index contributed by atoms with van der Waals surface area (Å²) in [6.45, 7) is 4.58. The van der Waals surface area contributed by atoms with Gasteiger partial charge in [0.25, 0.3) is 0 Å². The molecule has 1 aliphatic carbocycles. The van der Waals surface area contributed by atoms with Crippen LogP contribution in [0.25, 0.3) is 11.0 Å². The Morgan fingerprint density at radius 3 is 2.59 bits per heavy atom. The number of aromatic amines is 1. The largest absolute Gasteiger partial charge is 0.357 e. The van der Waals surface area contributed by atoms with Crippen LogP contribution in [0.4, 0.5) is 0 Å². The number of guanidine groups is 1. The van der Waals surface area contributed by atoms with Crippen molar-refractivity contribution in [2.75, 3.05) is 19.6 Å². The van der Waals surface area contributed by atoms with Gasteiger partial charge in [-0.3, -0.25) is 4.99 Å². The van der Waals surface area contributed by atoms with E-state index in [1.54, 1.807) is 0 Å². The molecule has 1 heterocycles. The van der Waals surface area contributed by atoms with E-state index in [0.29, 0.717) is 0 Å². The van der Waals surface area contributed by atoms with Gasteiger partial charge in [-0.1, -0.05) is 42.5 Å². The Hall–Kier alpha value is -2.82. The molecule has 1 saturated carbocycles. The second-order valence-corrected chi connectivity index (χ2v) is 7.22. The third-order valence-electron chi connectivity index (χ3n) is 5.22. The van der Waals surface area contributed by atoms with Gasteiger partial charge in [-0.15, -0.1) is 0 Å². The second kappa shape index (κ2) is 7.82. The Labute approximate surface area is 160 Å². The minimum absolute atomic E-state index is 0.238. The molecule has 1 aliphatic rings. The first-order chi connectivity index (χ1) is 13.3. The van der Waals surface area contributed by atoms with E-state index in [1.165, 1.54) is 18.4 Å². The molecule has 0 amide bonds. The molecule has 0 unspecified atom stereocenters. The summed E-state index contributed by atoms with van der Waals surface area (Å²) in [6, 6.07) is 18.9. The lowest BCUT2D eigenvalue weighted by Gasteiger charge is -2.15. The molecule has 0 saturated heterocycles. The third kappa shape index (κ3) is 4.13. The van der Waals surface area contributed by atoms with E-state index in [1.807, 2.05) is 18.2 Å². The number of nitrogens with one attached hydrogen (secondary N) is 3. The molecule has 0 aliphatic heterocycles. The van der Waals surface area contributed by atoms with Crippen molar-refractivity contribution in [3.05, 3.63) is 66.0 Å². The van der Waals surface area contributed by atoms with Crippen LogP contribution in [0.15, 0.2) is 59.6 Å². The minimum atomic E-state index is 0.238. The van der Waals surface area contributed by atoms with Crippen LogP contribution in [0, 0.1) is 0 Å². The summed E-state index contributed by atoms with van der Waals surface area (Å²) < 4.78 is 0. The van der Waals surface area contributed by atoms with Gasteiger partial charge in [0.2, 0.25) is 0 Å². The number of aliphatic imine (C=N–C) groups is 1. The summed E-state index contributed by atoms with van der Waals surface area (Å²) in [4.78, 5) is 12.9. The van der Waals surface area contributed by atoms with Crippen molar-refractivity contribution in [3.63, 3.8) is 0 Å². The molecule has 3 aromatic rings. The van der Waals surface area contributed by atoms with Crippen LogP contribution in [-0.4, -0.2) is 35.6 Å².